The van der Waals surface area contributed by atoms with Gasteiger partial charge in [0.25, 0.3) is 0 Å². The first kappa shape index (κ1) is 26.7. The predicted molar refractivity (Wildman–Crippen MR) is 123 cm³/mol. The summed E-state index contributed by atoms with van der Waals surface area (Å²) in [5.41, 5.74) is 0. The lowest BCUT2D eigenvalue weighted by Gasteiger charge is -2.25. The van der Waals surface area contributed by atoms with Gasteiger partial charge >= 0.3 is 11.9 Å². The van der Waals surface area contributed by atoms with E-state index in [0.717, 1.165) is 25.7 Å². The van der Waals surface area contributed by atoms with Crippen molar-refractivity contribution in [1.29, 1.82) is 0 Å². The van der Waals surface area contributed by atoms with Crippen LogP contribution in [0.4, 0.5) is 0 Å². The Labute approximate surface area is 185 Å². The van der Waals surface area contributed by atoms with Crippen LogP contribution in [0.1, 0.15) is 111 Å². The number of unbranched alkanes of at least 4 members (excludes halogenated alkanes) is 9. The number of ether oxygens (including phenoxy) is 2. The lowest BCUT2D eigenvalue weighted by atomic mass is 9.83. The van der Waals surface area contributed by atoms with Crippen LogP contribution in [0.15, 0.2) is 12.2 Å². The molecule has 1 aliphatic rings. The molecule has 0 bridgehead atoms. The van der Waals surface area contributed by atoms with Gasteiger partial charge in [-0.2, -0.15) is 0 Å². The predicted octanol–water partition coefficient (Wildman–Crippen LogP) is 7.01. The molecule has 1 rings (SSSR count). The van der Waals surface area contributed by atoms with E-state index in [4.69, 9.17) is 9.47 Å². The first-order valence-electron chi connectivity index (χ1n) is 12.5. The largest absolute Gasteiger partial charge is 0.465 e. The van der Waals surface area contributed by atoms with Crippen LogP contribution in [0.2, 0.25) is 0 Å². The monoisotopic (exact) mass is 422 g/mol. The number of carbonyl (C=O) groups excluding carboxylic acids is 2. The maximum absolute atomic E-state index is 12.5. The fourth-order valence-corrected chi connectivity index (χ4v) is 3.98. The first-order valence-corrected chi connectivity index (χ1v) is 12.5. The summed E-state index contributed by atoms with van der Waals surface area (Å²) < 4.78 is 11.0. The molecule has 0 saturated carbocycles. The van der Waals surface area contributed by atoms with E-state index >= 15 is 0 Å². The van der Waals surface area contributed by atoms with Crippen molar-refractivity contribution >= 4 is 11.9 Å². The van der Waals surface area contributed by atoms with Crippen molar-refractivity contribution in [3.8, 4) is 0 Å². The zero-order valence-corrected chi connectivity index (χ0v) is 19.8. The SMILES string of the molecule is CCCCCCCCCCCCOC(=O)C1CC=CCC1C(=O)OCCCC(C)C. The zero-order valence-electron chi connectivity index (χ0n) is 19.8. The summed E-state index contributed by atoms with van der Waals surface area (Å²) in [5.74, 6) is -0.664. The Morgan fingerprint density at radius 2 is 1.17 bits per heavy atom. The summed E-state index contributed by atoms with van der Waals surface area (Å²) in [7, 11) is 0. The van der Waals surface area contributed by atoms with Crippen molar-refractivity contribution in [2.75, 3.05) is 13.2 Å². The smallest absolute Gasteiger partial charge is 0.310 e. The summed E-state index contributed by atoms with van der Waals surface area (Å²) in [5, 5.41) is 0. The minimum atomic E-state index is -0.394. The average Bonchev–Trinajstić information content (AvgIpc) is 2.74. The van der Waals surface area contributed by atoms with E-state index in [0.29, 0.717) is 32.0 Å². The van der Waals surface area contributed by atoms with Gasteiger partial charge in [0.2, 0.25) is 0 Å². The fraction of sp³-hybridized carbons (Fsp3) is 0.846. The number of allylic oxidation sites excluding steroid dienone is 2. The number of rotatable bonds is 17. The molecular formula is C26H46O4. The summed E-state index contributed by atoms with van der Waals surface area (Å²) in [6, 6.07) is 0. The maximum Gasteiger partial charge on any atom is 0.310 e. The van der Waals surface area contributed by atoms with Gasteiger partial charge in [0.15, 0.2) is 0 Å². The van der Waals surface area contributed by atoms with E-state index < -0.39 is 11.8 Å². The molecule has 0 N–H and O–H groups in total. The van der Waals surface area contributed by atoms with Crippen molar-refractivity contribution < 1.29 is 19.1 Å². The first-order chi connectivity index (χ1) is 14.6. The van der Waals surface area contributed by atoms with Gasteiger partial charge in [0.1, 0.15) is 0 Å². The summed E-state index contributed by atoms with van der Waals surface area (Å²) in [4.78, 5) is 25.0. The molecule has 0 radical (unpaired) electrons. The molecule has 0 spiro atoms. The van der Waals surface area contributed by atoms with Crippen LogP contribution < -0.4 is 0 Å². The topological polar surface area (TPSA) is 52.6 Å². The lowest BCUT2D eigenvalue weighted by Crippen LogP contribution is -2.34. The summed E-state index contributed by atoms with van der Waals surface area (Å²) >= 11 is 0. The van der Waals surface area contributed by atoms with Crippen LogP contribution >= 0.6 is 0 Å². The number of carbonyl (C=O) groups is 2. The molecule has 2 unspecified atom stereocenters. The van der Waals surface area contributed by atoms with Gasteiger partial charge in [-0.3, -0.25) is 9.59 Å². The average molecular weight is 423 g/mol. The van der Waals surface area contributed by atoms with Gasteiger partial charge in [-0.25, -0.2) is 0 Å². The molecule has 30 heavy (non-hydrogen) atoms. The molecule has 174 valence electrons. The Morgan fingerprint density at radius 1 is 0.733 bits per heavy atom. The van der Waals surface area contributed by atoms with Gasteiger partial charge in [-0.15, -0.1) is 0 Å². The summed E-state index contributed by atoms with van der Waals surface area (Å²) in [6.07, 6.45) is 19.6. The van der Waals surface area contributed by atoms with Crippen molar-refractivity contribution in [2.24, 2.45) is 17.8 Å². The second-order valence-corrected chi connectivity index (χ2v) is 9.21. The van der Waals surface area contributed by atoms with Gasteiger partial charge in [0, 0.05) is 0 Å². The van der Waals surface area contributed by atoms with Gasteiger partial charge in [0.05, 0.1) is 25.0 Å². The molecule has 0 aliphatic heterocycles. The highest BCUT2D eigenvalue weighted by atomic mass is 16.5. The molecule has 0 aromatic heterocycles. The van der Waals surface area contributed by atoms with E-state index in [9.17, 15) is 9.59 Å². The van der Waals surface area contributed by atoms with Crippen LogP contribution in [-0.2, 0) is 19.1 Å². The molecule has 0 fully saturated rings. The molecule has 0 aromatic carbocycles. The minimum Gasteiger partial charge on any atom is -0.465 e. The molecule has 0 saturated heterocycles. The quantitative estimate of drug-likeness (QED) is 0.144. The summed E-state index contributed by atoms with van der Waals surface area (Å²) in [6.45, 7) is 7.48. The van der Waals surface area contributed by atoms with E-state index in [2.05, 4.69) is 20.8 Å². The van der Waals surface area contributed by atoms with Crippen molar-refractivity contribution in [3.63, 3.8) is 0 Å². The molecule has 0 heterocycles. The fourth-order valence-electron chi connectivity index (χ4n) is 3.98. The second-order valence-electron chi connectivity index (χ2n) is 9.21. The van der Waals surface area contributed by atoms with Crippen LogP contribution in [0, 0.1) is 17.8 Å². The molecule has 4 nitrogen and oxygen atoms in total. The Hall–Kier alpha value is -1.32. The van der Waals surface area contributed by atoms with Crippen LogP contribution in [-0.4, -0.2) is 25.2 Å². The zero-order chi connectivity index (χ0) is 22.0. The van der Waals surface area contributed by atoms with Crippen LogP contribution in [0.3, 0.4) is 0 Å². The minimum absolute atomic E-state index is 0.237. The second kappa shape index (κ2) is 17.4. The van der Waals surface area contributed by atoms with Crippen molar-refractivity contribution in [1.82, 2.24) is 0 Å². The Kier molecular flexibility index (Phi) is 15.5. The molecule has 2 atom stereocenters. The Balaban J connectivity index is 2.16. The highest BCUT2D eigenvalue weighted by molar-refractivity contribution is 5.82. The highest BCUT2D eigenvalue weighted by Gasteiger charge is 2.36. The third-order valence-electron chi connectivity index (χ3n) is 5.95. The van der Waals surface area contributed by atoms with Gasteiger partial charge < -0.3 is 9.47 Å². The van der Waals surface area contributed by atoms with E-state index in [-0.39, 0.29) is 11.9 Å². The molecule has 4 heteroatoms. The van der Waals surface area contributed by atoms with E-state index in [1.807, 2.05) is 12.2 Å². The maximum atomic E-state index is 12.5. The Bertz CT molecular complexity index is 483. The molecular weight excluding hydrogens is 376 g/mol. The standard InChI is InChI=1S/C26H46O4/c1-4-5-6-7-8-9-10-11-12-15-20-29-25(27)23-18-13-14-19-24(23)26(28)30-21-16-17-22(2)3/h13-14,22-24H,4-12,15-21H2,1-3H3. The molecule has 1 aliphatic carbocycles. The number of hydrogen-bond donors (Lipinski definition) is 0. The van der Waals surface area contributed by atoms with Gasteiger partial charge in [-0.1, -0.05) is 90.7 Å². The van der Waals surface area contributed by atoms with Gasteiger partial charge in [-0.05, 0) is 38.0 Å². The highest BCUT2D eigenvalue weighted by Crippen LogP contribution is 2.28. The number of esters is 2. The van der Waals surface area contributed by atoms with Crippen molar-refractivity contribution in [3.05, 3.63) is 12.2 Å². The third-order valence-corrected chi connectivity index (χ3v) is 5.95. The van der Waals surface area contributed by atoms with E-state index in [1.54, 1.807) is 0 Å². The van der Waals surface area contributed by atoms with Crippen LogP contribution in [0.25, 0.3) is 0 Å². The third kappa shape index (κ3) is 12.4. The Morgan fingerprint density at radius 3 is 1.63 bits per heavy atom. The molecule has 0 amide bonds. The van der Waals surface area contributed by atoms with Crippen molar-refractivity contribution in [2.45, 2.75) is 111 Å². The van der Waals surface area contributed by atoms with Crippen LogP contribution in [0.5, 0.6) is 0 Å². The molecule has 0 aromatic rings. The normalized spacial score (nSPS) is 18.5. The number of hydrogen-bond acceptors (Lipinski definition) is 4. The lowest BCUT2D eigenvalue weighted by molar-refractivity contribution is -0.161. The van der Waals surface area contributed by atoms with E-state index in [1.165, 1.54) is 51.4 Å².